The maximum absolute atomic E-state index is 6.18. The number of hydrogen-bond donors (Lipinski definition) is 2. The van der Waals surface area contributed by atoms with Gasteiger partial charge in [0.05, 0.1) is 29.6 Å². The number of nitrogens with two attached hydrogens (primary N) is 1. The first-order chi connectivity index (χ1) is 8.60. The number of ether oxygens (including phenoxy) is 1. The van der Waals surface area contributed by atoms with Gasteiger partial charge in [-0.05, 0) is 32.0 Å². The molecular formula is C13H16ClN3O. The van der Waals surface area contributed by atoms with Gasteiger partial charge in [0.15, 0.2) is 0 Å². The third-order valence-corrected chi connectivity index (χ3v) is 2.72. The number of imidazole rings is 1. The Kier molecular flexibility index (Phi) is 3.89. The zero-order valence-corrected chi connectivity index (χ0v) is 11.2. The molecule has 0 fully saturated rings. The van der Waals surface area contributed by atoms with E-state index < -0.39 is 0 Å². The van der Waals surface area contributed by atoms with Crippen molar-refractivity contribution in [3.05, 3.63) is 35.2 Å². The minimum atomic E-state index is 0.101. The molecular weight excluding hydrogens is 250 g/mol. The van der Waals surface area contributed by atoms with Gasteiger partial charge in [0.1, 0.15) is 11.6 Å². The quantitative estimate of drug-likeness (QED) is 0.893. The molecule has 0 unspecified atom stereocenters. The van der Waals surface area contributed by atoms with E-state index in [2.05, 4.69) is 9.97 Å². The zero-order valence-electron chi connectivity index (χ0n) is 10.4. The fraction of sp³-hybridized carbons (Fsp3) is 0.308. The maximum Gasteiger partial charge on any atom is 0.138 e. The van der Waals surface area contributed by atoms with Gasteiger partial charge in [-0.15, -0.1) is 0 Å². The van der Waals surface area contributed by atoms with Gasteiger partial charge in [-0.1, -0.05) is 11.6 Å². The smallest absolute Gasteiger partial charge is 0.138 e. The summed E-state index contributed by atoms with van der Waals surface area (Å²) in [5, 5.41) is 0.588. The normalized spacial score (nSPS) is 10.9. The fourth-order valence-corrected chi connectivity index (χ4v) is 1.86. The van der Waals surface area contributed by atoms with Crippen LogP contribution < -0.4 is 10.5 Å². The predicted octanol–water partition coefficient (Wildman–Crippen LogP) is 2.98. The second-order valence-electron chi connectivity index (χ2n) is 4.26. The van der Waals surface area contributed by atoms with E-state index in [9.17, 15) is 0 Å². The summed E-state index contributed by atoms with van der Waals surface area (Å²) in [4.78, 5) is 7.29. The van der Waals surface area contributed by atoms with Crippen LogP contribution in [0.3, 0.4) is 0 Å². The third kappa shape index (κ3) is 2.83. The minimum Gasteiger partial charge on any atom is -0.489 e. The highest BCUT2D eigenvalue weighted by molar-refractivity contribution is 6.32. The molecule has 0 spiro atoms. The molecule has 0 amide bonds. The number of aromatic nitrogens is 2. The monoisotopic (exact) mass is 265 g/mol. The number of H-pyrrole nitrogens is 1. The number of nitrogens with zero attached hydrogens (tertiary/aromatic N) is 1. The van der Waals surface area contributed by atoms with E-state index in [4.69, 9.17) is 22.1 Å². The Labute approximate surface area is 111 Å². The Morgan fingerprint density at radius 2 is 2.22 bits per heavy atom. The Morgan fingerprint density at radius 1 is 1.44 bits per heavy atom. The van der Waals surface area contributed by atoms with Crippen molar-refractivity contribution in [3.8, 4) is 17.0 Å². The lowest BCUT2D eigenvalue weighted by Crippen LogP contribution is -2.05. The highest BCUT2D eigenvalue weighted by atomic mass is 35.5. The molecule has 3 N–H and O–H groups in total. The summed E-state index contributed by atoms with van der Waals surface area (Å²) in [7, 11) is 0. The van der Waals surface area contributed by atoms with Gasteiger partial charge in [0, 0.05) is 5.56 Å². The molecule has 1 heterocycles. The number of nitrogens with one attached hydrogen (secondary N) is 1. The van der Waals surface area contributed by atoms with Crippen molar-refractivity contribution in [3.63, 3.8) is 0 Å². The zero-order chi connectivity index (χ0) is 13.1. The van der Waals surface area contributed by atoms with Crippen molar-refractivity contribution in [2.45, 2.75) is 26.5 Å². The molecule has 0 aliphatic rings. The molecule has 5 heteroatoms. The van der Waals surface area contributed by atoms with Gasteiger partial charge < -0.3 is 15.5 Å². The summed E-state index contributed by atoms with van der Waals surface area (Å²) in [5.41, 5.74) is 7.37. The highest BCUT2D eigenvalue weighted by Crippen LogP contribution is 2.30. The van der Waals surface area contributed by atoms with Gasteiger partial charge >= 0.3 is 0 Å². The lowest BCUT2D eigenvalue weighted by molar-refractivity contribution is 0.242. The molecule has 0 radical (unpaired) electrons. The van der Waals surface area contributed by atoms with Gasteiger partial charge in [-0.2, -0.15) is 0 Å². The van der Waals surface area contributed by atoms with Crippen molar-refractivity contribution in [1.29, 1.82) is 0 Å². The second-order valence-corrected chi connectivity index (χ2v) is 4.67. The van der Waals surface area contributed by atoms with Crippen LogP contribution in [0.25, 0.3) is 11.3 Å². The average molecular weight is 266 g/mol. The number of hydrogen-bond acceptors (Lipinski definition) is 3. The number of aromatic amines is 1. The standard InChI is InChI=1S/C13H16ClN3O/c1-8(2)18-12-4-3-9(5-10(12)14)11-7-16-13(6-15)17-11/h3-5,7-8H,6,15H2,1-2H3,(H,16,17). The number of benzene rings is 1. The lowest BCUT2D eigenvalue weighted by atomic mass is 10.1. The van der Waals surface area contributed by atoms with Gasteiger partial charge in [0.2, 0.25) is 0 Å². The van der Waals surface area contributed by atoms with Crippen molar-refractivity contribution in [2.75, 3.05) is 0 Å². The molecule has 0 saturated heterocycles. The molecule has 4 nitrogen and oxygen atoms in total. The van der Waals surface area contributed by atoms with Crippen LogP contribution >= 0.6 is 11.6 Å². The average Bonchev–Trinajstić information content (AvgIpc) is 2.80. The maximum atomic E-state index is 6.18. The van der Waals surface area contributed by atoms with Gasteiger partial charge in [-0.3, -0.25) is 0 Å². The summed E-state index contributed by atoms with van der Waals surface area (Å²) in [6.07, 6.45) is 1.85. The van der Waals surface area contributed by atoms with Crippen LogP contribution in [-0.2, 0) is 6.54 Å². The first kappa shape index (κ1) is 12.9. The topological polar surface area (TPSA) is 63.9 Å². The first-order valence-corrected chi connectivity index (χ1v) is 6.18. The molecule has 0 aliphatic carbocycles. The van der Waals surface area contributed by atoms with Crippen LogP contribution in [0.15, 0.2) is 24.4 Å². The summed E-state index contributed by atoms with van der Waals surface area (Å²) in [6, 6.07) is 5.66. The van der Waals surface area contributed by atoms with E-state index in [1.807, 2.05) is 32.0 Å². The minimum absolute atomic E-state index is 0.101. The van der Waals surface area contributed by atoms with E-state index in [0.29, 0.717) is 17.3 Å². The predicted molar refractivity (Wildman–Crippen MR) is 72.7 cm³/mol. The Bertz CT molecular complexity index is 537. The molecule has 0 aliphatic heterocycles. The van der Waals surface area contributed by atoms with Crippen molar-refractivity contribution in [1.82, 2.24) is 9.97 Å². The van der Waals surface area contributed by atoms with Crippen LogP contribution in [0.5, 0.6) is 5.75 Å². The van der Waals surface area contributed by atoms with E-state index in [0.717, 1.165) is 17.1 Å². The van der Waals surface area contributed by atoms with Crippen LogP contribution in [0.4, 0.5) is 0 Å². The van der Waals surface area contributed by atoms with Crippen LogP contribution in [-0.4, -0.2) is 16.1 Å². The number of halogens is 1. The van der Waals surface area contributed by atoms with Crippen molar-refractivity contribution >= 4 is 11.6 Å². The van der Waals surface area contributed by atoms with Crippen molar-refractivity contribution < 1.29 is 4.74 Å². The Hall–Kier alpha value is -1.52. The largest absolute Gasteiger partial charge is 0.489 e. The second kappa shape index (κ2) is 5.42. The summed E-state index contributed by atoms with van der Waals surface area (Å²) in [5.74, 6) is 1.44. The molecule has 2 aromatic rings. The van der Waals surface area contributed by atoms with Crippen LogP contribution in [0.2, 0.25) is 5.02 Å². The Balaban J connectivity index is 2.28. The molecule has 0 saturated carbocycles. The van der Waals surface area contributed by atoms with Gasteiger partial charge in [0.25, 0.3) is 0 Å². The molecule has 18 heavy (non-hydrogen) atoms. The van der Waals surface area contributed by atoms with Crippen molar-refractivity contribution in [2.24, 2.45) is 5.73 Å². The molecule has 2 rings (SSSR count). The lowest BCUT2D eigenvalue weighted by Gasteiger charge is -2.11. The molecule has 0 bridgehead atoms. The van der Waals surface area contributed by atoms with E-state index in [-0.39, 0.29) is 6.10 Å². The number of rotatable bonds is 4. The van der Waals surface area contributed by atoms with E-state index in [1.165, 1.54) is 0 Å². The SMILES string of the molecule is CC(C)Oc1ccc(-c2cnc(CN)[nH]2)cc1Cl. The summed E-state index contributed by atoms with van der Waals surface area (Å²) < 4.78 is 5.58. The third-order valence-electron chi connectivity index (χ3n) is 2.43. The van der Waals surface area contributed by atoms with Crippen LogP contribution in [0.1, 0.15) is 19.7 Å². The molecule has 1 aromatic carbocycles. The highest BCUT2D eigenvalue weighted by Gasteiger charge is 2.08. The summed E-state index contributed by atoms with van der Waals surface area (Å²) in [6.45, 7) is 4.32. The molecule has 1 aromatic heterocycles. The molecule has 96 valence electrons. The van der Waals surface area contributed by atoms with E-state index >= 15 is 0 Å². The first-order valence-electron chi connectivity index (χ1n) is 5.80. The Morgan fingerprint density at radius 3 is 2.78 bits per heavy atom. The summed E-state index contributed by atoms with van der Waals surface area (Å²) >= 11 is 6.18. The van der Waals surface area contributed by atoms with Crippen LogP contribution in [0, 0.1) is 0 Å². The van der Waals surface area contributed by atoms with Gasteiger partial charge in [-0.25, -0.2) is 4.98 Å². The molecule has 0 atom stereocenters. The van der Waals surface area contributed by atoms with E-state index in [1.54, 1.807) is 6.20 Å². The fourth-order valence-electron chi connectivity index (χ4n) is 1.63.